The Morgan fingerprint density at radius 1 is 1.08 bits per heavy atom. The van der Waals surface area contributed by atoms with Crippen molar-refractivity contribution in [3.05, 3.63) is 76.2 Å². The van der Waals surface area contributed by atoms with Crippen LogP contribution < -0.4 is 4.74 Å². The Morgan fingerprint density at radius 3 is 2.72 bits per heavy atom. The molecule has 1 aromatic carbocycles. The molecule has 3 heterocycles. The number of thiophene rings is 1. The van der Waals surface area contributed by atoms with Crippen LogP contribution in [0, 0.1) is 0 Å². The number of rotatable bonds is 5. The summed E-state index contributed by atoms with van der Waals surface area (Å²) in [4.78, 5) is 4.04. The predicted molar refractivity (Wildman–Crippen MR) is 103 cm³/mol. The van der Waals surface area contributed by atoms with E-state index in [-0.39, 0.29) is 6.04 Å². The molecule has 0 N–H and O–H groups in total. The fraction of sp³-hybridized carbons (Fsp3) is 0.333. The molecule has 1 aliphatic heterocycles. The van der Waals surface area contributed by atoms with Crippen molar-refractivity contribution in [1.29, 1.82) is 0 Å². The van der Waals surface area contributed by atoms with Crippen LogP contribution >= 0.6 is 11.3 Å². The van der Waals surface area contributed by atoms with E-state index in [0.717, 1.165) is 25.4 Å². The van der Waals surface area contributed by atoms with Gasteiger partial charge in [-0.05, 0) is 54.6 Å². The molecule has 0 fully saturated rings. The van der Waals surface area contributed by atoms with Crippen LogP contribution in [0.25, 0.3) is 0 Å². The zero-order valence-corrected chi connectivity index (χ0v) is 15.4. The summed E-state index contributed by atoms with van der Waals surface area (Å²) < 4.78 is 8.03. The predicted octanol–water partition coefficient (Wildman–Crippen LogP) is 4.94. The monoisotopic (exact) mass is 352 g/mol. The third-order valence-electron chi connectivity index (χ3n) is 4.80. The maximum Gasteiger partial charge on any atom is 0.119 e. The highest BCUT2D eigenvalue weighted by atomic mass is 32.1. The van der Waals surface area contributed by atoms with E-state index in [1.165, 1.54) is 22.6 Å². The molecule has 3 nitrogen and oxygen atoms in total. The van der Waals surface area contributed by atoms with Crippen LogP contribution in [0.3, 0.4) is 0 Å². The van der Waals surface area contributed by atoms with E-state index in [1.807, 2.05) is 18.3 Å². The van der Waals surface area contributed by atoms with Crippen molar-refractivity contribution < 1.29 is 4.74 Å². The number of hydrogen-bond acceptors (Lipinski definition) is 3. The van der Waals surface area contributed by atoms with Crippen LogP contribution in [0.2, 0.25) is 0 Å². The quantitative estimate of drug-likeness (QED) is 0.647. The second-order valence-electron chi connectivity index (χ2n) is 6.43. The van der Waals surface area contributed by atoms with Gasteiger partial charge in [0.2, 0.25) is 0 Å². The van der Waals surface area contributed by atoms with Crippen molar-refractivity contribution in [3.63, 3.8) is 0 Å². The molecule has 25 heavy (non-hydrogen) atoms. The number of fused-ring (bicyclic) bond motifs is 1. The molecular weight excluding hydrogens is 328 g/mol. The normalized spacial score (nSPS) is 17.9. The third-order valence-corrected chi connectivity index (χ3v) is 5.66. The van der Waals surface area contributed by atoms with Crippen molar-refractivity contribution in [1.82, 2.24) is 9.47 Å². The average Bonchev–Trinajstić information content (AvgIpc) is 3.26. The molecule has 3 aromatic rings. The van der Waals surface area contributed by atoms with Crippen molar-refractivity contribution in [3.8, 4) is 5.75 Å². The Hall–Kier alpha value is -2.04. The summed E-state index contributed by atoms with van der Waals surface area (Å²) in [5, 5.41) is 2.17. The lowest BCUT2D eigenvalue weighted by Gasteiger charge is -2.30. The van der Waals surface area contributed by atoms with Gasteiger partial charge in [0.25, 0.3) is 0 Å². The largest absolute Gasteiger partial charge is 0.494 e. The molecular formula is C21H24N2OS. The molecule has 0 bridgehead atoms. The maximum absolute atomic E-state index is 5.62. The Kier molecular flexibility index (Phi) is 4.90. The molecule has 4 heteroatoms. The highest BCUT2D eigenvalue weighted by molar-refractivity contribution is 7.09. The van der Waals surface area contributed by atoms with Crippen molar-refractivity contribution in [2.24, 2.45) is 0 Å². The number of ether oxygens (including phenoxy) is 1. The minimum atomic E-state index is 0.287. The first-order valence-corrected chi connectivity index (χ1v) is 9.87. The number of benzene rings is 1. The van der Waals surface area contributed by atoms with Gasteiger partial charge in [0.15, 0.2) is 0 Å². The van der Waals surface area contributed by atoms with Gasteiger partial charge in [0, 0.05) is 36.4 Å². The number of aryl methyl sites for hydroxylation is 1. The lowest BCUT2D eigenvalue weighted by atomic mass is 10.0. The Labute approximate surface area is 153 Å². The molecule has 0 radical (unpaired) electrons. The highest BCUT2D eigenvalue weighted by Crippen LogP contribution is 2.34. The molecule has 1 aliphatic rings. The van der Waals surface area contributed by atoms with Gasteiger partial charge in [-0.1, -0.05) is 18.2 Å². The van der Waals surface area contributed by atoms with Gasteiger partial charge in [0.1, 0.15) is 5.75 Å². The van der Waals surface area contributed by atoms with Gasteiger partial charge in [-0.3, -0.25) is 4.90 Å². The topological polar surface area (TPSA) is 17.4 Å². The SMILES string of the molecule is CCOc1ccc(C2c3cccn3CCCN2Cc2cccs2)cc1. The van der Waals surface area contributed by atoms with Crippen LogP contribution in [0.15, 0.2) is 60.1 Å². The van der Waals surface area contributed by atoms with Crippen molar-refractivity contribution in [2.75, 3.05) is 13.2 Å². The number of nitrogens with zero attached hydrogens (tertiary/aromatic N) is 2. The van der Waals surface area contributed by atoms with E-state index < -0.39 is 0 Å². The van der Waals surface area contributed by atoms with Gasteiger partial charge in [-0.15, -0.1) is 11.3 Å². The number of hydrogen-bond donors (Lipinski definition) is 0. The summed E-state index contributed by atoms with van der Waals surface area (Å²) in [7, 11) is 0. The summed E-state index contributed by atoms with van der Waals surface area (Å²) in [5.41, 5.74) is 2.72. The Balaban J connectivity index is 1.70. The molecule has 1 unspecified atom stereocenters. The summed E-state index contributed by atoms with van der Waals surface area (Å²) in [6.45, 7) is 5.93. The summed E-state index contributed by atoms with van der Waals surface area (Å²) in [5.74, 6) is 0.945. The van der Waals surface area contributed by atoms with Crippen LogP contribution in [0.1, 0.15) is 35.5 Å². The lowest BCUT2D eigenvalue weighted by Crippen LogP contribution is -2.29. The van der Waals surface area contributed by atoms with Crippen LogP contribution in [0.4, 0.5) is 0 Å². The van der Waals surface area contributed by atoms with Gasteiger partial charge >= 0.3 is 0 Å². The van der Waals surface area contributed by atoms with E-state index in [9.17, 15) is 0 Å². The second-order valence-corrected chi connectivity index (χ2v) is 7.47. The average molecular weight is 353 g/mol. The zero-order chi connectivity index (χ0) is 17.1. The van der Waals surface area contributed by atoms with E-state index in [4.69, 9.17) is 4.74 Å². The molecule has 0 saturated heterocycles. The highest BCUT2D eigenvalue weighted by Gasteiger charge is 2.27. The smallest absolute Gasteiger partial charge is 0.119 e. The molecule has 0 amide bonds. The van der Waals surface area contributed by atoms with E-state index in [2.05, 4.69) is 69.6 Å². The van der Waals surface area contributed by atoms with Gasteiger partial charge in [0.05, 0.1) is 12.6 Å². The molecule has 1 atom stereocenters. The van der Waals surface area contributed by atoms with E-state index in [0.29, 0.717) is 6.61 Å². The summed E-state index contributed by atoms with van der Waals surface area (Å²) >= 11 is 1.84. The zero-order valence-electron chi connectivity index (χ0n) is 14.6. The molecule has 130 valence electrons. The Bertz CT molecular complexity index is 792. The second kappa shape index (κ2) is 7.46. The first-order valence-electron chi connectivity index (χ1n) is 8.99. The maximum atomic E-state index is 5.62. The minimum Gasteiger partial charge on any atom is -0.494 e. The minimum absolute atomic E-state index is 0.287. The fourth-order valence-corrected chi connectivity index (χ4v) is 4.44. The van der Waals surface area contributed by atoms with Crippen LogP contribution in [-0.2, 0) is 13.1 Å². The molecule has 0 spiro atoms. The molecule has 2 aromatic heterocycles. The van der Waals surface area contributed by atoms with Gasteiger partial charge in [-0.25, -0.2) is 0 Å². The first kappa shape index (κ1) is 16.4. The lowest BCUT2D eigenvalue weighted by molar-refractivity contribution is 0.222. The third kappa shape index (κ3) is 3.51. The number of aromatic nitrogens is 1. The first-order chi connectivity index (χ1) is 12.3. The molecule has 0 saturated carbocycles. The molecule has 0 aliphatic carbocycles. The van der Waals surface area contributed by atoms with E-state index in [1.54, 1.807) is 0 Å². The van der Waals surface area contributed by atoms with Gasteiger partial charge in [-0.2, -0.15) is 0 Å². The summed E-state index contributed by atoms with van der Waals surface area (Å²) in [6.07, 6.45) is 3.39. The summed E-state index contributed by atoms with van der Waals surface area (Å²) in [6, 6.07) is 17.8. The fourth-order valence-electron chi connectivity index (χ4n) is 3.71. The standard InChI is InChI=1S/C21H24N2OS/c1-2-24-18-10-8-17(9-11-18)21-20-7-3-12-22(20)13-5-14-23(21)16-19-6-4-15-25-19/h3-4,6-12,15,21H,2,5,13-14,16H2,1H3. The van der Waals surface area contributed by atoms with Crippen LogP contribution in [-0.4, -0.2) is 22.6 Å². The van der Waals surface area contributed by atoms with Gasteiger partial charge < -0.3 is 9.30 Å². The Morgan fingerprint density at radius 2 is 1.96 bits per heavy atom. The molecule has 4 rings (SSSR count). The van der Waals surface area contributed by atoms with E-state index >= 15 is 0 Å². The van der Waals surface area contributed by atoms with Crippen molar-refractivity contribution >= 4 is 11.3 Å². The van der Waals surface area contributed by atoms with Crippen LogP contribution in [0.5, 0.6) is 5.75 Å². The van der Waals surface area contributed by atoms with Crippen molar-refractivity contribution in [2.45, 2.75) is 32.5 Å².